The number of aryl methyl sites for hydroxylation is 1. The molecule has 1 aromatic heterocycles. The summed E-state index contributed by atoms with van der Waals surface area (Å²) in [6, 6.07) is 7.64. The molecular weight excluding hydrogens is 280 g/mol. The lowest BCUT2D eigenvalue weighted by molar-refractivity contribution is -0.121. The number of aromatic amines is 1. The summed E-state index contributed by atoms with van der Waals surface area (Å²) in [6.07, 6.45) is 0.283. The molecule has 22 heavy (non-hydrogen) atoms. The monoisotopic (exact) mass is 302 g/mol. The number of ether oxygens (including phenoxy) is 1. The van der Waals surface area contributed by atoms with Crippen molar-refractivity contribution in [2.75, 3.05) is 0 Å². The van der Waals surface area contributed by atoms with Crippen molar-refractivity contribution in [2.24, 2.45) is 0 Å². The highest BCUT2D eigenvalue weighted by Gasteiger charge is 2.13. The molecule has 0 saturated heterocycles. The number of hydrogen-bond donors (Lipinski definition) is 2. The molecule has 0 spiro atoms. The fourth-order valence-corrected chi connectivity index (χ4v) is 2.12. The zero-order valence-corrected chi connectivity index (χ0v) is 13.4. The number of rotatable bonds is 6. The highest BCUT2D eigenvalue weighted by atomic mass is 16.5. The molecule has 0 aliphatic heterocycles. The highest BCUT2D eigenvalue weighted by molar-refractivity contribution is 5.78. The van der Waals surface area contributed by atoms with Gasteiger partial charge in [0.25, 0.3) is 0 Å². The average molecular weight is 302 g/mol. The molecule has 2 aromatic rings. The molecule has 0 aliphatic rings. The summed E-state index contributed by atoms with van der Waals surface area (Å²) in [7, 11) is 0. The summed E-state index contributed by atoms with van der Waals surface area (Å²) < 4.78 is 5.67. The lowest BCUT2D eigenvalue weighted by atomic mass is 10.1. The molecule has 1 atom stereocenters. The Morgan fingerprint density at radius 3 is 2.77 bits per heavy atom. The number of nitrogens with zero attached hydrogens (tertiary/aromatic N) is 2. The number of H-pyrrole nitrogens is 1. The van der Waals surface area contributed by atoms with Crippen molar-refractivity contribution < 1.29 is 9.53 Å². The zero-order valence-electron chi connectivity index (χ0n) is 13.4. The topological polar surface area (TPSA) is 79.9 Å². The molecule has 1 heterocycles. The fourth-order valence-electron chi connectivity index (χ4n) is 2.12. The first-order valence-electron chi connectivity index (χ1n) is 7.38. The van der Waals surface area contributed by atoms with Gasteiger partial charge in [-0.05, 0) is 45.4 Å². The van der Waals surface area contributed by atoms with E-state index in [-0.39, 0.29) is 24.5 Å². The molecule has 118 valence electrons. The third kappa shape index (κ3) is 4.58. The number of carbonyl (C=O) groups excluding carboxylic acids is 1. The molecule has 1 amide bonds. The summed E-state index contributed by atoms with van der Waals surface area (Å²) >= 11 is 0. The van der Waals surface area contributed by atoms with Crippen LogP contribution in [0.5, 0.6) is 5.75 Å². The maximum Gasteiger partial charge on any atom is 0.228 e. The van der Waals surface area contributed by atoms with E-state index >= 15 is 0 Å². The Balaban J connectivity index is 1.96. The second-order valence-electron chi connectivity index (χ2n) is 5.54. The van der Waals surface area contributed by atoms with Crippen molar-refractivity contribution in [3.63, 3.8) is 0 Å². The van der Waals surface area contributed by atoms with E-state index in [2.05, 4.69) is 20.5 Å². The van der Waals surface area contributed by atoms with E-state index < -0.39 is 0 Å². The first-order chi connectivity index (χ1) is 10.4. The van der Waals surface area contributed by atoms with Crippen LogP contribution < -0.4 is 10.1 Å². The van der Waals surface area contributed by atoms with Crippen LogP contribution in [0.2, 0.25) is 0 Å². The molecular formula is C16H22N4O2. The Labute approximate surface area is 130 Å². The van der Waals surface area contributed by atoms with Gasteiger partial charge in [0.05, 0.1) is 18.6 Å². The molecule has 2 rings (SSSR count). The Bertz CT molecular complexity index is 637. The van der Waals surface area contributed by atoms with Gasteiger partial charge in [-0.1, -0.05) is 12.1 Å². The van der Waals surface area contributed by atoms with Crippen LogP contribution in [0, 0.1) is 6.92 Å². The molecule has 0 fully saturated rings. The van der Waals surface area contributed by atoms with Gasteiger partial charge in [-0.2, -0.15) is 5.10 Å². The van der Waals surface area contributed by atoms with E-state index in [1.165, 1.54) is 0 Å². The fraction of sp³-hybridized carbons (Fsp3) is 0.438. The maximum absolute atomic E-state index is 12.0. The van der Waals surface area contributed by atoms with E-state index in [9.17, 15) is 4.79 Å². The van der Waals surface area contributed by atoms with Crippen LogP contribution >= 0.6 is 0 Å². The number of aromatic nitrogens is 3. The first kappa shape index (κ1) is 16.0. The molecule has 6 heteroatoms. The van der Waals surface area contributed by atoms with Gasteiger partial charge in [-0.3, -0.25) is 9.89 Å². The second-order valence-corrected chi connectivity index (χ2v) is 5.54. The van der Waals surface area contributed by atoms with Crippen molar-refractivity contribution >= 4 is 5.91 Å². The second kappa shape index (κ2) is 7.06. The van der Waals surface area contributed by atoms with Gasteiger partial charge < -0.3 is 10.1 Å². The Morgan fingerprint density at radius 2 is 2.14 bits per heavy atom. The van der Waals surface area contributed by atoms with Gasteiger partial charge in [0, 0.05) is 0 Å². The van der Waals surface area contributed by atoms with Crippen LogP contribution in [-0.2, 0) is 11.2 Å². The van der Waals surface area contributed by atoms with Crippen molar-refractivity contribution in [2.45, 2.75) is 46.3 Å². The van der Waals surface area contributed by atoms with E-state index in [0.717, 1.165) is 11.3 Å². The van der Waals surface area contributed by atoms with E-state index in [0.29, 0.717) is 11.6 Å². The van der Waals surface area contributed by atoms with Gasteiger partial charge in [-0.25, -0.2) is 4.98 Å². The molecule has 0 saturated carbocycles. The SMILES string of the molecule is Cc1nc(CC(=O)NC(C)c2cccc(OC(C)C)c2)n[nH]1. The quantitative estimate of drug-likeness (QED) is 0.858. The lowest BCUT2D eigenvalue weighted by Gasteiger charge is -2.16. The number of carbonyl (C=O) groups is 1. The third-order valence-corrected chi connectivity index (χ3v) is 3.07. The Hall–Kier alpha value is -2.37. The van der Waals surface area contributed by atoms with E-state index in [1.807, 2.05) is 45.0 Å². The van der Waals surface area contributed by atoms with Crippen LogP contribution in [0.25, 0.3) is 0 Å². The van der Waals surface area contributed by atoms with Gasteiger partial charge in [0.1, 0.15) is 11.6 Å². The summed E-state index contributed by atoms with van der Waals surface area (Å²) in [5.41, 5.74) is 0.998. The third-order valence-electron chi connectivity index (χ3n) is 3.07. The normalized spacial score (nSPS) is 12.2. The van der Waals surface area contributed by atoms with E-state index in [1.54, 1.807) is 6.92 Å². The van der Waals surface area contributed by atoms with Crippen molar-refractivity contribution in [1.29, 1.82) is 0 Å². The summed E-state index contributed by atoms with van der Waals surface area (Å²) in [4.78, 5) is 16.2. The minimum atomic E-state index is -0.110. The molecule has 0 radical (unpaired) electrons. The summed E-state index contributed by atoms with van der Waals surface area (Å²) in [6.45, 7) is 7.71. The van der Waals surface area contributed by atoms with Crippen molar-refractivity contribution in [3.8, 4) is 5.75 Å². The lowest BCUT2D eigenvalue weighted by Crippen LogP contribution is -2.28. The predicted octanol–water partition coefficient (Wildman–Crippen LogP) is 2.32. The number of hydrogen-bond acceptors (Lipinski definition) is 4. The van der Waals surface area contributed by atoms with Gasteiger partial charge in [0.2, 0.25) is 5.91 Å². The van der Waals surface area contributed by atoms with Gasteiger partial charge in [-0.15, -0.1) is 0 Å². The maximum atomic E-state index is 12.0. The standard InChI is InChI=1S/C16H22N4O2/c1-10(2)22-14-7-5-6-13(8-14)11(3)17-16(21)9-15-18-12(4)19-20-15/h5-8,10-11H,9H2,1-4H3,(H,17,21)(H,18,19,20). The smallest absolute Gasteiger partial charge is 0.228 e. The summed E-state index contributed by atoms with van der Waals surface area (Å²) in [5.74, 6) is 1.90. The minimum Gasteiger partial charge on any atom is -0.491 e. The molecule has 1 unspecified atom stereocenters. The highest BCUT2D eigenvalue weighted by Crippen LogP contribution is 2.20. The number of amides is 1. The Kier molecular flexibility index (Phi) is 5.14. The molecule has 6 nitrogen and oxygen atoms in total. The molecule has 2 N–H and O–H groups in total. The molecule has 0 bridgehead atoms. The van der Waals surface area contributed by atoms with Gasteiger partial charge in [0.15, 0.2) is 5.82 Å². The van der Waals surface area contributed by atoms with Crippen LogP contribution in [0.3, 0.4) is 0 Å². The van der Waals surface area contributed by atoms with Gasteiger partial charge >= 0.3 is 0 Å². The molecule has 1 aromatic carbocycles. The number of benzene rings is 1. The Morgan fingerprint density at radius 1 is 1.36 bits per heavy atom. The average Bonchev–Trinajstić information content (AvgIpc) is 2.83. The minimum absolute atomic E-state index is 0.108. The predicted molar refractivity (Wildman–Crippen MR) is 83.6 cm³/mol. The van der Waals surface area contributed by atoms with E-state index in [4.69, 9.17) is 4.74 Å². The number of nitrogens with one attached hydrogen (secondary N) is 2. The molecule has 0 aliphatic carbocycles. The largest absolute Gasteiger partial charge is 0.491 e. The van der Waals surface area contributed by atoms with Crippen molar-refractivity contribution in [1.82, 2.24) is 20.5 Å². The first-order valence-corrected chi connectivity index (χ1v) is 7.38. The van der Waals surface area contributed by atoms with Crippen LogP contribution in [0.4, 0.5) is 0 Å². The van der Waals surface area contributed by atoms with Crippen LogP contribution in [-0.4, -0.2) is 27.2 Å². The van der Waals surface area contributed by atoms with Crippen molar-refractivity contribution in [3.05, 3.63) is 41.5 Å². The summed E-state index contributed by atoms with van der Waals surface area (Å²) in [5, 5.41) is 9.64. The van der Waals surface area contributed by atoms with Crippen LogP contribution in [0.15, 0.2) is 24.3 Å². The van der Waals surface area contributed by atoms with Crippen LogP contribution in [0.1, 0.15) is 44.0 Å². The zero-order chi connectivity index (χ0) is 16.1.